The van der Waals surface area contributed by atoms with E-state index >= 15 is 0 Å². The number of thioether (sulfide) groups is 1. The normalized spacial score (nSPS) is 16.1. The number of nitrogens with zero attached hydrogens (tertiary/aromatic N) is 1. The molecular formula is C26H22BrNO4S. The van der Waals surface area contributed by atoms with E-state index in [1.807, 2.05) is 68.4 Å². The minimum atomic E-state index is -0.609. The summed E-state index contributed by atoms with van der Waals surface area (Å²) in [6.45, 7) is 5.93. The molecular weight excluding hydrogens is 502 g/mol. The Labute approximate surface area is 205 Å². The van der Waals surface area contributed by atoms with E-state index in [1.54, 1.807) is 13.0 Å². The van der Waals surface area contributed by atoms with Crippen molar-refractivity contribution in [1.29, 1.82) is 0 Å². The number of aryl methyl sites for hydroxylation is 2. The van der Waals surface area contributed by atoms with E-state index in [4.69, 9.17) is 9.15 Å². The molecule has 168 valence electrons. The van der Waals surface area contributed by atoms with Gasteiger partial charge in [-0.25, -0.2) is 9.79 Å². The molecule has 0 radical (unpaired) electrons. The number of halogens is 1. The van der Waals surface area contributed by atoms with Crippen molar-refractivity contribution in [3.05, 3.63) is 92.2 Å². The number of esters is 1. The van der Waals surface area contributed by atoms with Crippen molar-refractivity contribution in [3.63, 3.8) is 0 Å². The second-order valence-corrected chi connectivity index (χ2v) is 9.36. The van der Waals surface area contributed by atoms with Crippen LogP contribution < -0.4 is 0 Å². The fraction of sp³-hybridized carbons (Fsp3) is 0.154. The number of hydrogen-bond donors (Lipinski definition) is 1. The lowest BCUT2D eigenvalue weighted by Gasteiger charge is -2.04. The number of rotatable bonds is 5. The fourth-order valence-electron chi connectivity index (χ4n) is 3.24. The molecule has 0 amide bonds. The third-order valence-corrected chi connectivity index (χ3v) is 6.89. The van der Waals surface area contributed by atoms with E-state index < -0.39 is 5.97 Å². The number of aliphatic hydroxyl groups excluding tert-OH is 1. The zero-order valence-corrected chi connectivity index (χ0v) is 20.8. The Balaban J connectivity index is 1.69. The summed E-state index contributed by atoms with van der Waals surface area (Å²) in [5, 5.41) is 11.2. The molecule has 0 aliphatic carbocycles. The molecule has 0 bridgehead atoms. The summed E-state index contributed by atoms with van der Waals surface area (Å²) in [4.78, 5) is 17.6. The van der Waals surface area contributed by atoms with Gasteiger partial charge in [-0.2, -0.15) is 0 Å². The number of benzene rings is 2. The maximum atomic E-state index is 12.6. The first-order valence-electron chi connectivity index (χ1n) is 10.4. The van der Waals surface area contributed by atoms with Crippen LogP contribution in [0.2, 0.25) is 0 Å². The molecule has 2 aromatic carbocycles. The van der Waals surface area contributed by atoms with Crippen molar-refractivity contribution in [1.82, 2.24) is 0 Å². The SMILES string of the molecule is CCOC(=O)C1=C(O)/C(=C/c2ccc(-c3ccc(Br)c(C)c3)o2)SC1=Nc1ccc(C)cc1. The summed E-state index contributed by atoms with van der Waals surface area (Å²) in [6, 6.07) is 17.3. The lowest BCUT2D eigenvalue weighted by Crippen LogP contribution is -2.12. The summed E-state index contributed by atoms with van der Waals surface area (Å²) in [6.07, 6.45) is 1.70. The molecule has 0 fully saturated rings. The Morgan fingerprint density at radius 3 is 2.61 bits per heavy atom. The van der Waals surface area contributed by atoms with E-state index in [0.29, 0.717) is 27.2 Å². The van der Waals surface area contributed by atoms with Crippen molar-refractivity contribution in [2.45, 2.75) is 20.8 Å². The number of aliphatic imine (C=N–C) groups is 1. The first-order valence-corrected chi connectivity index (χ1v) is 12.0. The van der Waals surface area contributed by atoms with Gasteiger partial charge in [0.1, 0.15) is 27.9 Å². The largest absolute Gasteiger partial charge is 0.506 e. The highest BCUT2D eigenvalue weighted by Crippen LogP contribution is 2.40. The van der Waals surface area contributed by atoms with Gasteiger partial charge in [-0.3, -0.25) is 0 Å². The lowest BCUT2D eigenvalue weighted by atomic mass is 10.1. The summed E-state index contributed by atoms with van der Waals surface area (Å²) >= 11 is 4.71. The van der Waals surface area contributed by atoms with Crippen LogP contribution in [-0.2, 0) is 9.53 Å². The maximum Gasteiger partial charge on any atom is 0.344 e. The number of aliphatic hydroxyl groups is 1. The molecule has 1 aliphatic heterocycles. The minimum Gasteiger partial charge on any atom is -0.506 e. The molecule has 2 heterocycles. The molecule has 1 N–H and O–H groups in total. The number of hydrogen-bond acceptors (Lipinski definition) is 6. The Morgan fingerprint density at radius 1 is 1.15 bits per heavy atom. The number of carbonyl (C=O) groups excluding carboxylic acids is 1. The standard InChI is InChI=1S/C26H22BrNO4S/c1-4-31-26(30)23-24(29)22(33-25(23)28-18-8-5-15(2)6-9-18)14-19-10-12-21(32-19)17-7-11-20(27)16(3)13-17/h5-14,29H,4H2,1-3H3/b22-14-,28-25?. The molecule has 4 rings (SSSR count). The molecule has 0 saturated carbocycles. The molecule has 7 heteroatoms. The van der Waals surface area contributed by atoms with E-state index in [2.05, 4.69) is 20.9 Å². The van der Waals surface area contributed by atoms with Crippen LogP contribution in [0.15, 0.2) is 84.7 Å². The molecule has 0 unspecified atom stereocenters. The van der Waals surface area contributed by atoms with Gasteiger partial charge in [0.2, 0.25) is 0 Å². The topological polar surface area (TPSA) is 72.0 Å². The minimum absolute atomic E-state index is 0.0592. The van der Waals surface area contributed by atoms with E-state index in [0.717, 1.165) is 21.2 Å². The number of ether oxygens (including phenoxy) is 1. The lowest BCUT2D eigenvalue weighted by molar-refractivity contribution is -0.138. The summed E-state index contributed by atoms with van der Waals surface area (Å²) in [7, 11) is 0. The van der Waals surface area contributed by atoms with Gasteiger partial charge >= 0.3 is 5.97 Å². The van der Waals surface area contributed by atoms with Gasteiger partial charge in [-0.05, 0) is 68.8 Å². The van der Waals surface area contributed by atoms with Gasteiger partial charge in [0.25, 0.3) is 0 Å². The molecule has 3 aromatic rings. The van der Waals surface area contributed by atoms with Crippen LogP contribution in [0.25, 0.3) is 17.4 Å². The van der Waals surface area contributed by atoms with E-state index in [-0.39, 0.29) is 17.9 Å². The van der Waals surface area contributed by atoms with E-state index in [9.17, 15) is 9.90 Å². The monoisotopic (exact) mass is 523 g/mol. The van der Waals surface area contributed by atoms with Crippen LogP contribution >= 0.6 is 27.7 Å². The van der Waals surface area contributed by atoms with Crippen LogP contribution in [0.4, 0.5) is 5.69 Å². The average molecular weight is 524 g/mol. The zero-order valence-electron chi connectivity index (χ0n) is 18.4. The van der Waals surface area contributed by atoms with Gasteiger partial charge in [0.05, 0.1) is 17.2 Å². The van der Waals surface area contributed by atoms with Crippen molar-refractivity contribution in [2.75, 3.05) is 6.61 Å². The highest BCUT2D eigenvalue weighted by atomic mass is 79.9. The van der Waals surface area contributed by atoms with Gasteiger partial charge in [0.15, 0.2) is 0 Å². The van der Waals surface area contributed by atoms with Gasteiger partial charge in [-0.15, -0.1) is 0 Å². The molecule has 33 heavy (non-hydrogen) atoms. The highest BCUT2D eigenvalue weighted by Gasteiger charge is 2.33. The van der Waals surface area contributed by atoms with Crippen molar-refractivity contribution >= 4 is 50.5 Å². The zero-order chi connectivity index (χ0) is 23.5. The second kappa shape index (κ2) is 9.85. The Kier molecular flexibility index (Phi) is 6.91. The first-order chi connectivity index (χ1) is 15.9. The molecule has 5 nitrogen and oxygen atoms in total. The molecule has 0 spiro atoms. The fourth-order valence-corrected chi connectivity index (χ4v) is 4.50. The highest BCUT2D eigenvalue weighted by molar-refractivity contribution is 9.10. The summed E-state index contributed by atoms with van der Waals surface area (Å²) < 4.78 is 12.2. The first kappa shape index (κ1) is 23.1. The number of furan rings is 1. The smallest absolute Gasteiger partial charge is 0.344 e. The van der Waals surface area contributed by atoms with Crippen LogP contribution in [0, 0.1) is 13.8 Å². The third kappa shape index (κ3) is 5.15. The quantitative estimate of drug-likeness (QED) is 0.350. The van der Waals surface area contributed by atoms with Crippen LogP contribution in [-0.4, -0.2) is 22.7 Å². The Morgan fingerprint density at radius 2 is 1.91 bits per heavy atom. The van der Waals surface area contributed by atoms with Crippen LogP contribution in [0.1, 0.15) is 23.8 Å². The van der Waals surface area contributed by atoms with Gasteiger partial charge < -0.3 is 14.3 Å². The van der Waals surface area contributed by atoms with Crippen LogP contribution in [0.3, 0.4) is 0 Å². The van der Waals surface area contributed by atoms with Crippen molar-refractivity contribution in [2.24, 2.45) is 4.99 Å². The summed E-state index contributed by atoms with van der Waals surface area (Å²) in [5.41, 5.74) is 3.91. The van der Waals surface area contributed by atoms with Crippen molar-refractivity contribution in [3.8, 4) is 11.3 Å². The van der Waals surface area contributed by atoms with Gasteiger partial charge in [-0.1, -0.05) is 51.5 Å². The molecule has 0 atom stereocenters. The molecule has 0 saturated heterocycles. The molecule has 1 aliphatic rings. The maximum absolute atomic E-state index is 12.6. The second-order valence-electron chi connectivity index (χ2n) is 7.47. The Hall–Kier alpha value is -3.03. The van der Waals surface area contributed by atoms with Crippen LogP contribution in [0.5, 0.6) is 0 Å². The average Bonchev–Trinajstić information content (AvgIpc) is 3.37. The molecule has 1 aromatic heterocycles. The van der Waals surface area contributed by atoms with Crippen molar-refractivity contribution < 1.29 is 19.1 Å². The van der Waals surface area contributed by atoms with Gasteiger partial charge in [0, 0.05) is 10.0 Å². The predicted octanol–water partition coefficient (Wildman–Crippen LogP) is 7.52. The Bertz CT molecular complexity index is 1300. The third-order valence-electron chi connectivity index (χ3n) is 4.98. The predicted molar refractivity (Wildman–Crippen MR) is 137 cm³/mol. The number of carbonyl (C=O) groups is 1. The van der Waals surface area contributed by atoms with E-state index in [1.165, 1.54) is 11.8 Å². The summed E-state index contributed by atoms with van der Waals surface area (Å²) in [5.74, 6) is 0.492.